The van der Waals surface area contributed by atoms with Crippen molar-refractivity contribution in [2.75, 3.05) is 13.2 Å². The lowest BCUT2D eigenvalue weighted by Crippen LogP contribution is -2.32. The number of benzene rings is 1. The van der Waals surface area contributed by atoms with Crippen molar-refractivity contribution in [2.24, 2.45) is 5.92 Å². The highest BCUT2D eigenvalue weighted by Gasteiger charge is 2.30. The van der Waals surface area contributed by atoms with E-state index >= 15 is 0 Å². The molecule has 6 heteroatoms. The molecule has 1 N–H and O–H groups in total. The number of ether oxygens (including phenoxy) is 1. The Morgan fingerprint density at radius 1 is 1.39 bits per heavy atom. The summed E-state index contributed by atoms with van der Waals surface area (Å²) in [6, 6.07) is 5.55. The molecule has 1 fully saturated rings. The maximum Gasteiger partial charge on any atom is 0.269 e. The fourth-order valence-electron chi connectivity index (χ4n) is 1.95. The van der Waals surface area contributed by atoms with Crippen molar-refractivity contribution < 1.29 is 19.6 Å². The fraction of sp³-hybridized carbons (Fsp3) is 0.417. The van der Waals surface area contributed by atoms with E-state index in [9.17, 15) is 20.0 Å². The van der Waals surface area contributed by atoms with Crippen molar-refractivity contribution in [3.63, 3.8) is 0 Å². The van der Waals surface area contributed by atoms with Crippen LogP contribution in [0.5, 0.6) is 0 Å². The van der Waals surface area contributed by atoms with Gasteiger partial charge in [-0.1, -0.05) is 0 Å². The van der Waals surface area contributed by atoms with Crippen LogP contribution in [0.4, 0.5) is 5.69 Å². The second-order valence-electron chi connectivity index (χ2n) is 4.19. The predicted molar refractivity (Wildman–Crippen MR) is 62.0 cm³/mol. The number of nitrogens with zero attached hydrogens (tertiary/aromatic N) is 1. The second-order valence-corrected chi connectivity index (χ2v) is 4.19. The Hall–Kier alpha value is -1.79. The summed E-state index contributed by atoms with van der Waals surface area (Å²) >= 11 is 0. The maximum absolute atomic E-state index is 11.6. The first-order valence-corrected chi connectivity index (χ1v) is 5.62. The average Bonchev–Trinajstić information content (AvgIpc) is 2.38. The lowest BCUT2D eigenvalue weighted by Gasteiger charge is -2.25. The Kier molecular flexibility index (Phi) is 3.69. The van der Waals surface area contributed by atoms with Crippen molar-refractivity contribution >= 4 is 11.5 Å². The molecule has 6 nitrogen and oxygen atoms in total. The van der Waals surface area contributed by atoms with Crippen molar-refractivity contribution in [1.82, 2.24) is 0 Å². The van der Waals surface area contributed by atoms with Gasteiger partial charge in [0.25, 0.3) is 5.69 Å². The van der Waals surface area contributed by atoms with Gasteiger partial charge in [0.15, 0.2) is 0 Å². The number of ketones is 1. The molecule has 0 amide bonds. The standard InChI is InChI=1S/C12H13NO5/c14-11-5-6-18-7-10(11)12(15)8-1-3-9(4-2-8)13(16)17/h1-4,10,12,15H,5-7H2/t10-,12-/m0/s1. The zero-order chi connectivity index (χ0) is 13.1. The van der Waals surface area contributed by atoms with Crippen LogP contribution in [0.1, 0.15) is 18.1 Å². The van der Waals surface area contributed by atoms with E-state index in [1.54, 1.807) is 0 Å². The van der Waals surface area contributed by atoms with Gasteiger partial charge in [-0.2, -0.15) is 0 Å². The summed E-state index contributed by atoms with van der Waals surface area (Å²) < 4.78 is 5.17. The van der Waals surface area contributed by atoms with Crippen LogP contribution in [0.25, 0.3) is 0 Å². The molecule has 0 bridgehead atoms. The minimum atomic E-state index is -0.974. The number of hydrogen-bond acceptors (Lipinski definition) is 5. The minimum Gasteiger partial charge on any atom is -0.388 e. The van der Waals surface area contributed by atoms with Crippen LogP contribution in [0.2, 0.25) is 0 Å². The Morgan fingerprint density at radius 2 is 2.06 bits per heavy atom. The van der Waals surface area contributed by atoms with E-state index in [0.717, 1.165) is 0 Å². The fourth-order valence-corrected chi connectivity index (χ4v) is 1.95. The number of nitro groups is 1. The molecule has 1 aliphatic rings. The van der Waals surface area contributed by atoms with E-state index in [2.05, 4.69) is 0 Å². The van der Waals surface area contributed by atoms with E-state index in [1.807, 2.05) is 0 Å². The molecule has 1 heterocycles. The first-order valence-electron chi connectivity index (χ1n) is 5.62. The molecule has 1 saturated heterocycles. The van der Waals surface area contributed by atoms with Crippen molar-refractivity contribution in [2.45, 2.75) is 12.5 Å². The van der Waals surface area contributed by atoms with Gasteiger partial charge in [-0.25, -0.2) is 0 Å². The topological polar surface area (TPSA) is 89.7 Å². The molecule has 96 valence electrons. The Balaban J connectivity index is 2.15. The van der Waals surface area contributed by atoms with Gasteiger partial charge in [0.1, 0.15) is 5.78 Å². The largest absolute Gasteiger partial charge is 0.388 e. The lowest BCUT2D eigenvalue weighted by molar-refractivity contribution is -0.384. The number of aliphatic hydroxyl groups is 1. The minimum absolute atomic E-state index is 0.0351. The lowest BCUT2D eigenvalue weighted by atomic mass is 9.90. The molecule has 0 aromatic heterocycles. The molecule has 1 aliphatic heterocycles. The predicted octanol–water partition coefficient (Wildman–Crippen LogP) is 1.23. The average molecular weight is 251 g/mol. The second kappa shape index (κ2) is 5.24. The molecule has 0 saturated carbocycles. The van der Waals surface area contributed by atoms with Crippen LogP contribution in [-0.2, 0) is 9.53 Å². The molecule has 0 unspecified atom stereocenters. The number of non-ortho nitro benzene ring substituents is 1. The third-order valence-electron chi connectivity index (χ3n) is 3.03. The molecular weight excluding hydrogens is 238 g/mol. The molecular formula is C12H13NO5. The summed E-state index contributed by atoms with van der Waals surface area (Å²) in [4.78, 5) is 21.6. The summed E-state index contributed by atoms with van der Waals surface area (Å²) in [7, 11) is 0. The van der Waals surface area contributed by atoms with Crippen LogP contribution in [0, 0.1) is 16.0 Å². The molecule has 2 atom stereocenters. The van der Waals surface area contributed by atoms with Gasteiger partial charge in [0.05, 0.1) is 30.2 Å². The summed E-state index contributed by atoms with van der Waals surface area (Å²) in [6.07, 6.45) is -0.673. The SMILES string of the molecule is O=C1CCOC[C@@H]1[C@@H](O)c1ccc([N+](=O)[O-])cc1. The van der Waals surface area contributed by atoms with Gasteiger partial charge in [0, 0.05) is 18.6 Å². The number of carbonyl (C=O) groups excluding carboxylic acids is 1. The Labute approximate surface area is 103 Å². The Morgan fingerprint density at radius 3 is 2.61 bits per heavy atom. The van der Waals surface area contributed by atoms with Crippen molar-refractivity contribution in [3.05, 3.63) is 39.9 Å². The van der Waals surface area contributed by atoms with Gasteiger partial charge < -0.3 is 9.84 Å². The number of Topliss-reactive ketones (excluding diaryl/α,β-unsaturated/α-hetero) is 1. The molecule has 0 radical (unpaired) electrons. The van der Waals surface area contributed by atoms with Crippen LogP contribution < -0.4 is 0 Å². The summed E-state index contributed by atoms with van der Waals surface area (Å²) in [6.45, 7) is 0.583. The zero-order valence-electron chi connectivity index (χ0n) is 9.61. The number of carbonyl (C=O) groups is 1. The Bertz CT molecular complexity index is 456. The first kappa shape index (κ1) is 12.7. The first-order chi connectivity index (χ1) is 8.59. The third-order valence-corrected chi connectivity index (χ3v) is 3.03. The number of hydrogen-bond donors (Lipinski definition) is 1. The van der Waals surface area contributed by atoms with Crippen molar-refractivity contribution in [3.8, 4) is 0 Å². The summed E-state index contributed by atoms with van der Waals surface area (Å²) in [5.74, 6) is -0.618. The summed E-state index contributed by atoms with van der Waals surface area (Å²) in [5.41, 5.74) is 0.446. The molecule has 0 aliphatic carbocycles. The third kappa shape index (κ3) is 2.55. The van der Waals surface area contributed by atoms with E-state index < -0.39 is 16.9 Å². The van der Waals surface area contributed by atoms with Gasteiger partial charge in [-0.3, -0.25) is 14.9 Å². The van der Waals surface area contributed by atoms with E-state index in [1.165, 1.54) is 24.3 Å². The number of aliphatic hydroxyl groups excluding tert-OH is 1. The van der Waals surface area contributed by atoms with Gasteiger partial charge >= 0.3 is 0 Å². The van der Waals surface area contributed by atoms with Gasteiger partial charge in [-0.15, -0.1) is 0 Å². The molecule has 1 aromatic carbocycles. The molecule has 18 heavy (non-hydrogen) atoms. The molecule has 0 spiro atoms. The highest BCUT2D eigenvalue weighted by Crippen LogP contribution is 2.27. The van der Waals surface area contributed by atoms with Gasteiger partial charge in [0.2, 0.25) is 0 Å². The van der Waals surface area contributed by atoms with Gasteiger partial charge in [-0.05, 0) is 17.7 Å². The van der Waals surface area contributed by atoms with E-state index in [4.69, 9.17) is 4.74 Å². The molecule has 1 aromatic rings. The number of rotatable bonds is 3. The highest BCUT2D eigenvalue weighted by atomic mass is 16.6. The zero-order valence-corrected chi connectivity index (χ0v) is 9.61. The molecule has 2 rings (SSSR count). The maximum atomic E-state index is 11.6. The highest BCUT2D eigenvalue weighted by molar-refractivity contribution is 5.82. The van der Waals surface area contributed by atoms with Crippen molar-refractivity contribution in [1.29, 1.82) is 0 Å². The quantitative estimate of drug-likeness (QED) is 0.644. The monoisotopic (exact) mass is 251 g/mol. The van der Waals surface area contributed by atoms with Crippen LogP contribution >= 0.6 is 0 Å². The van der Waals surface area contributed by atoms with E-state index in [0.29, 0.717) is 18.6 Å². The smallest absolute Gasteiger partial charge is 0.269 e. The normalized spacial score (nSPS) is 21.6. The van der Waals surface area contributed by atoms with Crippen LogP contribution in [-0.4, -0.2) is 29.0 Å². The summed E-state index contributed by atoms with van der Waals surface area (Å²) in [5, 5.41) is 20.6. The van der Waals surface area contributed by atoms with Crippen LogP contribution in [0.3, 0.4) is 0 Å². The van der Waals surface area contributed by atoms with Crippen LogP contribution in [0.15, 0.2) is 24.3 Å². The number of nitro benzene ring substituents is 1. The van der Waals surface area contributed by atoms with E-state index in [-0.39, 0.29) is 18.1 Å².